The summed E-state index contributed by atoms with van der Waals surface area (Å²) in [5.41, 5.74) is 7.32. The SMILES string of the molecule is CC(C)C(=C(N)N(C)C)C(C)C. The van der Waals surface area contributed by atoms with E-state index in [1.54, 1.807) is 0 Å². The number of nitrogens with zero attached hydrogens (tertiary/aromatic N) is 1. The predicted molar refractivity (Wildman–Crippen MR) is 54.6 cm³/mol. The second-order valence-electron chi connectivity index (χ2n) is 4.04. The molecule has 0 heterocycles. The minimum absolute atomic E-state index is 0.535. The summed E-state index contributed by atoms with van der Waals surface area (Å²) in [6.45, 7) is 8.74. The predicted octanol–water partition coefficient (Wildman–Crippen LogP) is 2.03. The first-order valence-electron chi connectivity index (χ1n) is 4.54. The molecule has 0 amide bonds. The summed E-state index contributed by atoms with van der Waals surface area (Å²) in [4.78, 5) is 1.98. The van der Waals surface area contributed by atoms with Crippen molar-refractivity contribution in [1.82, 2.24) is 4.90 Å². The molecule has 0 aliphatic heterocycles. The van der Waals surface area contributed by atoms with Crippen molar-refractivity contribution in [2.45, 2.75) is 27.7 Å². The highest BCUT2D eigenvalue weighted by Gasteiger charge is 2.13. The Morgan fingerprint density at radius 3 is 1.42 bits per heavy atom. The van der Waals surface area contributed by atoms with E-state index in [4.69, 9.17) is 5.73 Å². The van der Waals surface area contributed by atoms with Gasteiger partial charge in [-0.1, -0.05) is 27.7 Å². The van der Waals surface area contributed by atoms with E-state index in [2.05, 4.69) is 27.7 Å². The second-order valence-corrected chi connectivity index (χ2v) is 4.04. The summed E-state index contributed by atoms with van der Waals surface area (Å²) in [7, 11) is 3.97. The van der Waals surface area contributed by atoms with Gasteiger partial charge in [0.1, 0.15) is 0 Å². The van der Waals surface area contributed by atoms with E-state index in [1.807, 2.05) is 19.0 Å². The third-order valence-corrected chi connectivity index (χ3v) is 2.02. The number of allylic oxidation sites excluding steroid dienone is 1. The Kier molecular flexibility index (Phi) is 4.15. The molecule has 0 aromatic rings. The van der Waals surface area contributed by atoms with E-state index in [-0.39, 0.29) is 0 Å². The molecule has 0 fully saturated rings. The molecule has 2 N–H and O–H groups in total. The van der Waals surface area contributed by atoms with Crippen molar-refractivity contribution in [3.8, 4) is 0 Å². The highest BCUT2D eigenvalue weighted by molar-refractivity contribution is 5.13. The molecule has 0 saturated carbocycles. The van der Waals surface area contributed by atoms with Crippen LogP contribution in [0.5, 0.6) is 0 Å². The molecule has 0 rings (SSSR count). The number of rotatable bonds is 3. The van der Waals surface area contributed by atoms with Crippen molar-refractivity contribution in [3.63, 3.8) is 0 Å². The lowest BCUT2D eigenvalue weighted by atomic mass is 9.92. The van der Waals surface area contributed by atoms with Crippen LogP contribution in [0.2, 0.25) is 0 Å². The molecular weight excluding hydrogens is 148 g/mol. The highest BCUT2D eigenvalue weighted by Crippen LogP contribution is 2.21. The fourth-order valence-corrected chi connectivity index (χ4v) is 1.52. The van der Waals surface area contributed by atoms with Crippen molar-refractivity contribution in [2.24, 2.45) is 17.6 Å². The van der Waals surface area contributed by atoms with Gasteiger partial charge in [-0.05, 0) is 17.4 Å². The van der Waals surface area contributed by atoms with Crippen LogP contribution in [0.1, 0.15) is 27.7 Å². The Hall–Kier alpha value is -0.660. The maximum absolute atomic E-state index is 5.97. The topological polar surface area (TPSA) is 29.3 Å². The Labute approximate surface area is 76.4 Å². The van der Waals surface area contributed by atoms with Gasteiger partial charge in [-0.25, -0.2) is 0 Å². The smallest absolute Gasteiger partial charge is 0.0978 e. The van der Waals surface area contributed by atoms with E-state index < -0.39 is 0 Å². The molecule has 72 valence electrons. The molecule has 0 aliphatic carbocycles. The Bertz CT molecular complexity index is 157. The van der Waals surface area contributed by atoms with Crippen molar-refractivity contribution in [3.05, 3.63) is 11.4 Å². The van der Waals surface area contributed by atoms with E-state index in [9.17, 15) is 0 Å². The fourth-order valence-electron chi connectivity index (χ4n) is 1.52. The van der Waals surface area contributed by atoms with Crippen LogP contribution in [0.25, 0.3) is 0 Å². The lowest BCUT2D eigenvalue weighted by Gasteiger charge is -2.23. The first-order chi connectivity index (χ1) is 5.37. The molecule has 0 bridgehead atoms. The van der Waals surface area contributed by atoms with Gasteiger partial charge in [0.2, 0.25) is 0 Å². The second kappa shape index (κ2) is 4.39. The molecule has 2 nitrogen and oxygen atoms in total. The minimum atomic E-state index is 0.535. The van der Waals surface area contributed by atoms with Gasteiger partial charge in [0.05, 0.1) is 5.82 Å². The van der Waals surface area contributed by atoms with Crippen LogP contribution in [-0.4, -0.2) is 19.0 Å². The van der Waals surface area contributed by atoms with E-state index >= 15 is 0 Å². The largest absolute Gasteiger partial charge is 0.385 e. The maximum Gasteiger partial charge on any atom is 0.0978 e. The van der Waals surface area contributed by atoms with Gasteiger partial charge >= 0.3 is 0 Å². The molecule has 0 unspecified atom stereocenters. The summed E-state index contributed by atoms with van der Waals surface area (Å²) in [5.74, 6) is 1.99. The van der Waals surface area contributed by atoms with Crippen LogP contribution < -0.4 is 5.73 Å². The van der Waals surface area contributed by atoms with Crippen LogP contribution in [0.3, 0.4) is 0 Å². The summed E-state index contributed by atoms with van der Waals surface area (Å²) in [6, 6.07) is 0. The summed E-state index contributed by atoms with van der Waals surface area (Å²) in [5, 5.41) is 0. The monoisotopic (exact) mass is 170 g/mol. The quantitative estimate of drug-likeness (QED) is 0.702. The molecule has 0 saturated heterocycles. The molecule has 0 aromatic heterocycles. The van der Waals surface area contributed by atoms with Gasteiger partial charge in [-0.15, -0.1) is 0 Å². The Morgan fingerprint density at radius 2 is 1.33 bits per heavy atom. The molecular formula is C10H22N2. The van der Waals surface area contributed by atoms with Crippen LogP contribution in [-0.2, 0) is 0 Å². The summed E-state index contributed by atoms with van der Waals surface area (Å²) in [6.07, 6.45) is 0. The minimum Gasteiger partial charge on any atom is -0.385 e. The van der Waals surface area contributed by atoms with Crippen LogP contribution in [0.15, 0.2) is 11.4 Å². The lowest BCUT2D eigenvalue weighted by Crippen LogP contribution is -2.24. The third kappa shape index (κ3) is 2.76. The fraction of sp³-hybridized carbons (Fsp3) is 0.800. The average molecular weight is 170 g/mol. The van der Waals surface area contributed by atoms with Gasteiger partial charge in [0.15, 0.2) is 0 Å². The normalized spacial score (nSPS) is 10.7. The first-order valence-corrected chi connectivity index (χ1v) is 4.54. The van der Waals surface area contributed by atoms with Crippen molar-refractivity contribution in [1.29, 1.82) is 0 Å². The average Bonchev–Trinajstić information content (AvgIpc) is 1.85. The van der Waals surface area contributed by atoms with Crippen molar-refractivity contribution < 1.29 is 0 Å². The van der Waals surface area contributed by atoms with Crippen LogP contribution in [0, 0.1) is 11.8 Å². The number of hydrogen-bond donors (Lipinski definition) is 1. The van der Waals surface area contributed by atoms with Gasteiger partial charge in [0, 0.05) is 14.1 Å². The van der Waals surface area contributed by atoms with Crippen molar-refractivity contribution in [2.75, 3.05) is 14.1 Å². The summed E-state index contributed by atoms with van der Waals surface area (Å²) >= 11 is 0. The molecule has 0 aliphatic rings. The van der Waals surface area contributed by atoms with Gasteiger partial charge in [0.25, 0.3) is 0 Å². The van der Waals surface area contributed by atoms with E-state index in [0.717, 1.165) is 5.82 Å². The first kappa shape index (κ1) is 11.3. The zero-order valence-corrected chi connectivity index (χ0v) is 9.18. The maximum atomic E-state index is 5.97. The summed E-state index contributed by atoms with van der Waals surface area (Å²) < 4.78 is 0. The molecule has 0 spiro atoms. The van der Waals surface area contributed by atoms with Crippen molar-refractivity contribution >= 4 is 0 Å². The zero-order chi connectivity index (χ0) is 9.89. The third-order valence-electron chi connectivity index (χ3n) is 2.02. The molecule has 12 heavy (non-hydrogen) atoms. The van der Waals surface area contributed by atoms with Gasteiger partial charge in [-0.2, -0.15) is 0 Å². The lowest BCUT2D eigenvalue weighted by molar-refractivity contribution is 0.466. The zero-order valence-electron chi connectivity index (χ0n) is 9.18. The highest BCUT2D eigenvalue weighted by atomic mass is 15.1. The van der Waals surface area contributed by atoms with Gasteiger partial charge in [-0.3, -0.25) is 0 Å². The molecule has 0 radical (unpaired) electrons. The molecule has 2 heteroatoms. The Morgan fingerprint density at radius 1 is 1.00 bits per heavy atom. The van der Waals surface area contributed by atoms with E-state index in [1.165, 1.54) is 5.57 Å². The molecule has 0 atom stereocenters. The van der Waals surface area contributed by atoms with Crippen LogP contribution >= 0.6 is 0 Å². The van der Waals surface area contributed by atoms with Crippen LogP contribution in [0.4, 0.5) is 0 Å². The van der Waals surface area contributed by atoms with E-state index in [0.29, 0.717) is 11.8 Å². The Balaban J connectivity index is 4.81. The number of nitrogens with two attached hydrogens (primary N) is 1. The van der Waals surface area contributed by atoms with Gasteiger partial charge < -0.3 is 10.6 Å². The standard InChI is InChI=1S/C10H22N2/c1-7(2)9(8(3)4)10(11)12(5)6/h7-8H,11H2,1-6H3. The number of hydrogen-bond acceptors (Lipinski definition) is 2. The molecule has 0 aromatic carbocycles.